The van der Waals surface area contributed by atoms with Crippen molar-refractivity contribution in [1.29, 1.82) is 0 Å². The van der Waals surface area contributed by atoms with E-state index in [1.807, 2.05) is 6.07 Å². The quantitative estimate of drug-likeness (QED) is 0.456. The smallest absolute Gasteiger partial charge is 0.265 e. The molecule has 1 heterocycles. The largest absolute Gasteiger partial charge is 0.495 e. The van der Waals surface area contributed by atoms with Crippen LogP contribution >= 0.6 is 0 Å². The van der Waals surface area contributed by atoms with Gasteiger partial charge in [-0.15, -0.1) is 0 Å². The lowest BCUT2D eigenvalue weighted by Gasteiger charge is -2.16. The van der Waals surface area contributed by atoms with E-state index in [-0.39, 0.29) is 11.4 Å². The summed E-state index contributed by atoms with van der Waals surface area (Å²) in [5.41, 5.74) is 1.08. The molecular weight excluding hydrogens is 408 g/mol. The van der Waals surface area contributed by atoms with Crippen LogP contribution in [0.5, 0.6) is 23.1 Å². The van der Waals surface area contributed by atoms with Crippen molar-refractivity contribution in [2.75, 3.05) is 21.3 Å². The van der Waals surface area contributed by atoms with E-state index in [4.69, 9.17) is 14.2 Å². The molecule has 3 aromatic carbocycles. The number of para-hydroxylation sites is 2. The lowest BCUT2D eigenvalue weighted by Crippen LogP contribution is -2.20. The minimum absolute atomic E-state index is 0.234. The summed E-state index contributed by atoms with van der Waals surface area (Å²) in [6, 6.07) is 19.3. The molecule has 0 amide bonds. The zero-order valence-electron chi connectivity index (χ0n) is 17.9. The number of aliphatic imine (C=N–C) groups is 1. The number of pyridine rings is 1. The first-order chi connectivity index (χ1) is 15.6. The number of fused-ring (bicyclic) bond motifs is 1. The Bertz CT molecular complexity index is 1370. The maximum atomic E-state index is 13.3. The van der Waals surface area contributed by atoms with E-state index in [0.717, 1.165) is 0 Å². The van der Waals surface area contributed by atoms with Gasteiger partial charge in [0.05, 0.1) is 38.3 Å². The van der Waals surface area contributed by atoms with Crippen LogP contribution in [-0.4, -0.2) is 37.2 Å². The van der Waals surface area contributed by atoms with E-state index in [0.29, 0.717) is 45.0 Å². The summed E-state index contributed by atoms with van der Waals surface area (Å²) in [6.07, 6.45) is 1.53. The van der Waals surface area contributed by atoms with Crippen LogP contribution in [0.2, 0.25) is 0 Å². The van der Waals surface area contributed by atoms with E-state index in [1.54, 1.807) is 74.9 Å². The van der Waals surface area contributed by atoms with Crippen molar-refractivity contribution in [3.63, 3.8) is 0 Å². The molecule has 32 heavy (non-hydrogen) atoms. The molecular formula is C25H22N2O5. The molecule has 0 unspecified atom stereocenters. The van der Waals surface area contributed by atoms with Gasteiger partial charge >= 0.3 is 0 Å². The molecule has 0 aliphatic heterocycles. The fraction of sp³-hybridized carbons (Fsp3) is 0.120. The Morgan fingerprint density at radius 2 is 1.47 bits per heavy atom. The Balaban J connectivity index is 1.94. The molecule has 7 nitrogen and oxygen atoms in total. The lowest BCUT2D eigenvalue weighted by atomic mass is 10.1. The highest BCUT2D eigenvalue weighted by atomic mass is 16.5. The fourth-order valence-corrected chi connectivity index (χ4v) is 3.57. The number of nitrogens with zero attached hydrogens (tertiary/aromatic N) is 2. The van der Waals surface area contributed by atoms with E-state index in [2.05, 4.69) is 4.99 Å². The van der Waals surface area contributed by atoms with Gasteiger partial charge in [-0.1, -0.05) is 30.3 Å². The van der Waals surface area contributed by atoms with Gasteiger partial charge in [-0.25, -0.2) is 4.57 Å². The average Bonchev–Trinajstić information content (AvgIpc) is 2.84. The Labute approximate surface area is 184 Å². The molecule has 4 rings (SSSR count). The van der Waals surface area contributed by atoms with Gasteiger partial charge in [0.15, 0.2) is 11.5 Å². The van der Waals surface area contributed by atoms with Crippen LogP contribution in [0.25, 0.3) is 16.5 Å². The number of ether oxygens (including phenoxy) is 3. The minimum atomic E-state index is -0.356. The molecule has 0 saturated heterocycles. The van der Waals surface area contributed by atoms with Crippen LogP contribution in [0.15, 0.2) is 76.5 Å². The average molecular weight is 430 g/mol. The number of hydrogen-bond acceptors (Lipinski definition) is 6. The summed E-state index contributed by atoms with van der Waals surface area (Å²) < 4.78 is 17.2. The van der Waals surface area contributed by atoms with Gasteiger partial charge in [-0.2, -0.15) is 0 Å². The molecule has 0 spiro atoms. The molecule has 0 fully saturated rings. The third-order valence-electron chi connectivity index (χ3n) is 5.14. The molecule has 0 bridgehead atoms. The third kappa shape index (κ3) is 3.65. The van der Waals surface area contributed by atoms with E-state index < -0.39 is 0 Å². The summed E-state index contributed by atoms with van der Waals surface area (Å²) >= 11 is 0. The number of rotatable bonds is 6. The Morgan fingerprint density at radius 3 is 2.19 bits per heavy atom. The first-order valence-corrected chi connectivity index (χ1v) is 9.85. The first-order valence-electron chi connectivity index (χ1n) is 9.85. The molecule has 4 aromatic rings. The SMILES string of the molecule is COc1ccc(N=Cc2c(O)n(-c3ccccc3OC)c(=O)c3ccccc23)cc1OC. The molecule has 0 aliphatic carbocycles. The molecule has 162 valence electrons. The van der Waals surface area contributed by atoms with Gasteiger partial charge in [0.2, 0.25) is 5.88 Å². The van der Waals surface area contributed by atoms with Crippen LogP contribution in [-0.2, 0) is 0 Å². The van der Waals surface area contributed by atoms with E-state index in [1.165, 1.54) is 17.9 Å². The summed E-state index contributed by atoms with van der Waals surface area (Å²) in [5, 5.41) is 12.2. The number of aromatic nitrogens is 1. The van der Waals surface area contributed by atoms with Crippen molar-refractivity contribution < 1.29 is 19.3 Å². The van der Waals surface area contributed by atoms with Gasteiger partial charge in [0.1, 0.15) is 5.75 Å². The van der Waals surface area contributed by atoms with Crippen molar-refractivity contribution >= 4 is 22.7 Å². The molecule has 0 saturated carbocycles. The fourth-order valence-electron chi connectivity index (χ4n) is 3.57. The summed E-state index contributed by atoms with van der Waals surface area (Å²) in [6.45, 7) is 0. The standard InChI is InChI=1S/C25H22N2O5/c1-30-21-11-7-6-10-20(21)27-24(28)18-9-5-4-8-17(18)19(25(27)29)15-26-16-12-13-22(31-2)23(14-16)32-3/h4-15,29H,1-3H3. The normalized spacial score (nSPS) is 11.1. The van der Waals surface area contributed by atoms with Crippen molar-refractivity contribution in [2.24, 2.45) is 4.99 Å². The van der Waals surface area contributed by atoms with E-state index >= 15 is 0 Å². The van der Waals surface area contributed by atoms with Crippen LogP contribution < -0.4 is 19.8 Å². The van der Waals surface area contributed by atoms with Crippen LogP contribution in [0.4, 0.5) is 5.69 Å². The highest BCUT2D eigenvalue weighted by Crippen LogP contribution is 2.33. The van der Waals surface area contributed by atoms with Gasteiger partial charge in [-0.05, 0) is 30.3 Å². The highest BCUT2D eigenvalue weighted by molar-refractivity contribution is 6.02. The maximum Gasteiger partial charge on any atom is 0.265 e. The lowest BCUT2D eigenvalue weighted by molar-refractivity contribution is 0.355. The van der Waals surface area contributed by atoms with Crippen molar-refractivity contribution in [2.45, 2.75) is 0 Å². The topological polar surface area (TPSA) is 82.3 Å². The Morgan fingerprint density at radius 1 is 0.812 bits per heavy atom. The molecule has 0 aliphatic rings. The van der Waals surface area contributed by atoms with Crippen LogP contribution in [0.3, 0.4) is 0 Å². The van der Waals surface area contributed by atoms with Gasteiger partial charge in [-0.3, -0.25) is 9.79 Å². The third-order valence-corrected chi connectivity index (χ3v) is 5.14. The zero-order chi connectivity index (χ0) is 22.7. The van der Waals surface area contributed by atoms with E-state index in [9.17, 15) is 9.90 Å². The molecule has 0 radical (unpaired) electrons. The molecule has 1 N–H and O–H groups in total. The second-order valence-electron chi connectivity index (χ2n) is 6.89. The zero-order valence-corrected chi connectivity index (χ0v) is 17.9. The van der Waals surface area contributed by atoms with Gasteiger partial charge < -0.3 is 19.3 Å². The maximum absolute atomic E-state index is 13.3. The number of methoxy groups -OCH3 is 3. The van der Waals surface area contributed by atoms with Crippen molar-refractivity contribution in [1.82, 2.24) is 4.57 Å². The highest BCUT2D eigenvalue weighted by Gasteiger charge is 2.18. The molecule has 0 atom stereocenters. The monoisotopic (exact) mass is 430 g/mol. The van der Waals surface area contributed by atoms with Crippen LogP contribution in [0, 0.1) is 0 Å². The predicted octanol–water partition coefficient (Wildman–Crippen LogP) is 4.47. The second-order valence-corrected chi connectivity index (χ2v) is 6.89. The second kappa shape index (κ2) is 8.85. The number of hydrogen-bond donors (Lipinski definition) is 1. The first kappa shape index (κ1) is 21.0. The van der Waals surface area contributed by atoms with Crippen molar-refractivity contribution in [3.05, 3.63) is 82.6 Å². The molecule has 7 heteroatoms. The Hall–Kier alpha value is -4.26. The molecule has 1 aromatic heterocycles. The Kier molecular flexibility index (Phi) is 5.81. The minimum Gasteiger partial charge on any atom is -0.495 e. The van der Waals surface area contributed by atoms with Crippen molar-refractivity contribution in [3.8, 4) is 28.8 Å². The summed E-state index contributed by atoms with van der Waals surface area (Å²) in [7, 11) is 4.63. The van der Waals surface area contributed by atoms with Crippen LogP contribution in [0.1, 0.15) is 5.56 Å². The number of benzene rings is 3. The summed E-state index contributed by atoms with van der Waals surface area (Å²) in [5.74, 6) is 1.35. The van der Waals surface area contributed by atoms with Gasteiger partial charge in [0, 0.05) is 23.1 Å². The van der Waals surface area contributed by atoms with Gasteiger partial charge in [0.25, 0.3) is 5.56 Å². The number of aromatic hydroxyl groups is 1. The summed E-state index contributed by atoms with van der Waals surface area (Å²) in [4.78, 5) is 17.8. The predicted molar refractivity (Wildman–Crippen MR) is 125 cm³/mol.